The molecule has 2 aromatic carbocycles. The molecule has 0 saturated carbocycles. The van der Waals surface area contributed by atoms with Gasteiger partial charge in [-0.15, -0.1) is 11.3 Å². The molecule has 0 bridgehead atoms. The van der Waals surface area contributed by atoms with Crippen LogP contribution in [0.1, 0.15) is 16.7 Å². The van der Waals surface area contributed by atoms with Crippen LogP contribution < -0.4 is 9.62 Å². The second-order valence-electron chi connectivity index (χ2n) is 6.54. The molecule has 0 spiro atoms. The molecule has 0 atom stereocenters. The number of nitrogens with one attached hydrogen (secondary N) is 1. The van der Waals surface area contributed by atoms with Crippen molar-refractivity contribution < 1.29 is 13.2 Å². The highest BCUT2D eigenvalue weighted by Gasteiger charge is 2.27. The van der Waals surface area contributed by atoms with Crippen LogP contribution in [-0.4, -0.2) is 20.9 Å². The van der Waals surface area contributed by atoms with Crippen molar-refractivity contribution in [3.63, 3.8) is 0 Å². The van der Waals surface area contributed by atoms with Gasteiger partial charge in [0, 0.05) is 6.54 Å². The number of aryl methyl sites for hydroxylation is 2. The number of hydrogen-bond acceptors (Lipinski definition) is 4. The summed E-state index contributed by atoms with van der Waals surface area (Å²) in [6.45, 7) is 3.99. The summed E-state index contributed by atoms with van der Waals surface area (Å²) in [7, 11) is -3.82. The van der Waals surface area contributed by atoms with E-state index < -0.39 is 10.0 Å². The molecule has 0 aliphatic rings. The summed E-state index contributed by atoms with van der Waals surface area (Å²) in [5, 5.41) is 4.51. The van der Waals surface area contributed by atoms with Crippen molar-refractivity contribution in [1.82, 2.24) is 5.32 Å². The summed E-state index contributed by atoms with van der Waals surface area (Å²) in [6.07, 6.45) is 0. The Morgan fingerprint density at radius 1 is 0.964 bits per heavy atom. The maximum absolute atomic E-state index is 13.1. The number of sulfonamides is 1. The third-order valence-corrected chi connectivity index (χ3v) is 7.41. The Kier molecular flexibility index (Phi) is 6.16. The molecule has 0 aliphatic carbocycles. The van der Waals surface area contributed by atoms with Gasteiger partial charge in [0.25, 0.3) is 10.0 Å². The van der Waals surface area contributed by atoms with Crippen molar-refractivity contribution in [1.29, 1.82) is 0 Å². The molecule has 1 aromatic heterocycles. The van der Waals surface area contributed by atoms with E-state index >= 15 is 0 Å². The molecule has 0 fully saturated rings. The molecule has 0 unspecified atom stereocenters. The number of carbonyl (C=O) groups excluding carboxylic acids is 1. The largest absolute Gasteiger partial charge is 0.350 e. The minimum absolute atomic E-state index is 0.208. The Labute approximate surface area is 169 Å². The number of amides is 1. The molecule has 1 N–H and O–H groups in total. The van der Waals surface area contributed by atoms with E-state index in [1.807, 2.05) is 50.2 Å². The summed E-state index contributed by atoms with van der Waals surface area (Å²) < 4.78 is 27.5. The average molecular weight is 415 g/mol. The van der Waals surface area contributed by atoms with Gasteiger partial charge in [0.05, 0.1) is 5.69 Å². The Hall–Kier alpha value is -2.64. The first-order chi connectivity index (χ1) is 13.4. The Morgan fingerprint density at radius 3 is 2.14 bits per heavy atom. The first-order valence-electron chi connectivity index (χ1n) is 8.81. The summed E-state index contributed by atoms with van der Waals surface area (Å²) in [5.74, 6) is -0.360. The lowest BCUT2D eigenvalue weighted by Gasteiger charge is -2.23. The summed E-state index contributed by atoms with van der Waals surface area (Å²) in [6, 6.07) is 18.1. The van der Waals surface area contributed by atoms with Crippen LogP contribution in [-0.2, 0) is 21.4 Å². The van der Waals surface area contributed by atoms with Crippen molar-refractivity contribution in [2.45, 2.75) is 24.6 Å². The van der Waals surface area contributed by atoms with Crippen LogP contribution in [0.2, 0.25) is 0 Å². The minimum Gasteiger partial charge on any atom is -0.350 e. The van der Waals surface area contributed by atoms with E-state index in [1.54, 1.807) is 29.6 Å². The van der Waals surface area contributed by atoms with E-state index in [4.69, 9.17) is 0 Å². The molecule has 0 aliphatic heterocycles. The van der Waals surface area contributed by atoms with Gasteiger partial charge in [-0.1, -0.05) is 53.6 Å². The maximum atomic E-state index is 13.1. The van der Waals surface area contributed by atoms with Crippen LogP contribution in [0.25, 0.3) is 0 Å². The third-order valence-electron chi connectivity index (χ3n) is 4.26. The van der Waals surface area contributed by atoms with Crippen LogP contribution in [0.3, 0.4) is 0 Å². The topological polar surface area (TPSA) is 66.5 Å². The average Bonchev–Trinajstić information content (AvgIpc) is 3.22. The Morgan fingerprint density at radius 2 is 1.57 bits per heavy atom. The number of hydrogen-bond donors (Lipinski definition) is 1. The molecule has 1 heterocycles. The summed E-state index contributed by atoms with van der Waals surface area (Å²) in [4.78, 5) is 12.5. The smallest absolute Gasteiger partial charge is 0.274 e. The zero-order valence-electron chi connectivity index (χ0n) is 15.8. The highest BCUT2D eigenvalue weighted by molar-refractivity contribution is 7.94. The van der Waals surface area contributed by atoms with E-state index in [0.717, 1.165) is 32.3 Å². The van der Waals surface area contributed by atoms with Gasteiger partial charge in [0.15, 0.2) is 0 Å². The zero-order valence-corrected chi connectivity index (χ0v) is 17.4. The minimum atomic E-state index is -3.82. The molecule has 3 rings (SSSR count). The van der Waals surface area contributed by atoms with Gasteiger partial charge < -0.3 is 5.32 Å². The molecule has 1 amide bonds. The highest BCUT2D eigenvalue weighted by Crippen LogP contribution is 2.26. The van der Waals surface area contributed by atoms with E-state index in [-0.39, 0.29) is 16.7 Å². The van der Waals surface area contributed by atoms with Crippen molar-refractivity contribution in [2.75, 3.05) is 10.8 Å². The fourth-order valence-electron chi connectivity index (χ4n) is 2.64. The van der Waals surface area contributed by atoms with E-state index in [2.05, 4.69) is 5.32 Å². The summed E-state index contributed by atoms with van der Waals surface area (Å²) >= 11 is 1.13. The summed E-state index contributed by atoms with van der Waals surface area (Å²) in [5.41, 5.74) is 3.58. The quantitative estimate of drug-likeness (QED) is 0.638. The molecule has 28 heavy (non-hydrogen) atoms. The van der Waals surface area contributed by atoms with Gasteiger partial charge in [-0.05, 0) is 43.0 Å². The fraction of sp³-hybridized carbons (Fsp3) is 0.190. The number of nitrogens with zero attached hydrogens (tertiary/aromatic N) is 1. The molecule has 7 heteroatoms. The second-order valence-corrected chi connectivity index (χ2v) is 9.58. The molecule has 5 nitrogen and oxygen atoms in total. The lowest BCUT2D eigenvalue weighted by Crippen LogP contribution is -2.40. The van der Waals surface area contributed by atoms with Gasteiger partial charge >= 0.3 is 0 Å². The van der Waals surface area contributed by atoms with E-state index in [0.29, 0.717) is 12.2 Å². The highest BCUT2D eigenvalue weighted by atomic mass is 32.2. The first kappa shape index (κ1) is 20.1. The first-order valence-corrected chi connectivity index (χ1v) is 11.1. The van der Waals surface area contributed by atoms with Crippen LogP contribution in [0.5, 0.6) is 0 Å². The maximum Gasteiger partial charge on any atom is 0.274 e. The third kappa shape index (κ3) is 4.79. The fourth-order valence-corrected chi connectivity index (χ4v) is 5.16. The molecular formula is C21H22N2O3S2. The van der Waals surface area contributed by atoms with Crippen LogP contribution in [0.15, 0.2) is 70.3 Å². The number of anilines is 1. The van der Waals surface area contributed by atoms with Crippen LogP contribution in [0.4, 0.5) is 5.69 Å². The molecule has 3 aromatic rings. The van der Waals surface area contributed by atoms with Gasteiger partial charge in [-0.25, -0.2) is 8.42 Å². The normalized spacial score (nSPS) is 11.2. The number of rotatable bonds is 7. The molecular weight excluding hydrogens is 392 g/mol. The van der Waals surface area contributed by atoms with Crippen LogP contribution in [0, 0.1) is 13.8 Å². The Balaban J connectivity index is 1.80. The van der Waals surface area contributed by atoms with E-state index in [1.165, 1.54) is 0 Å². The number of benzene rings is 2. The van der Waals surface area contributed by atoms with Crippen molar-refractivity contribution in [3.8, 4) is 0 Å². The van der Waals surface area contributed by atoms with Gasteiger partial charge in [0.2, 0.25) is 5.91 Å². The standard InChI is InChI=1S/C21H22N2O3S2/c1-16-5-9-18(10-6-16)14-22-20(24)15-23(19-11-7-17(2)8-12-19)28(25,26)21-4-3-13-27-21/h3-13H,14-15H2,1-2H3,(H,22,24). The van der Waals surface area contributed by atoms with Gasteiger partial charge in [-0.3, -0.25) is 9.10 Å². The molecule has 0 radical (unpaired) electrons. The molecule has 0 saturated heterocycles. The predicted octanol–water partition coefficient (Wildman–Crippen LogP) is 3.88. The van der Waals surface area contributed by atoms with Gasteiger partial charge in [-0.2, -0.15) is 0 Å². The SMILES string of the molecule is Cc1ccc(CNC(=O)CN(c2ccc(C)cc2)S(=O)(=O)c2cccs2)cc1. The number of carbonyl (C=O) groups is 1. The van der Waals surface area contributed by atoms with Crippen molar-refractivity contribution in [2.24, 2.45) is 0 Å². The lowest BCUT2D eigenvalue weighted by molar-refractivity contribution is -0.119. The van der Waals surface area contributed by atoms with E-state index in [9.17, 15) is 13.2 Å². The Bertz CT molecular complexity index is 1030. The van der Waals surface area contributed by atoms with Crippen molar-refractivity contribution in [3.05, 3.63) is 82.7 Å². The number of thiophene rings is 1. The second kappa shape index (κ2) is 8.58. The van der Waals surface area contributed by atoms with Crippen LogP contribution >= 0.6 is 11.3 Å². The van der Waals surface area contributed by atoms with Crippen molar-refractivity contribution >= 4 is 33.0 Å². The lowest BCUT2D eigenvalue weighted by atomic mass is 10.1. The van der Waals surface area contributed by atoms with Gasteiger partial charge in [0.1, 0.15) is 10.8 Å². The zero-order chi connectivity index (χ0) is 20.1. The molecule has 146 valence electrons. The monoisotopic (exact) mass is 414 g/mol. The predicted molar refractivity (Wildman–Crippen MR) is 113 cm³/mol.